The molecule has 0 radical (unpaired) electrons. The maximum Gasteiger partial charge on any atom is 0.145 e. The number of ether oxygens (including phenoxy) is 1. The Labute approximate surface area is 161 Å². The molecule has 4 nitrogen and oxygen atoms in total. The predicted octanol–water partition coefficient (Wildman–Crippen LogP) is 4.71. The highest BCUT2D eigenvalue weighted by atomic mass is 16.5. The largest absolute Gasteiger partial charge is 0.492 e. The Bertz CT molecular complexity index is 848. The minimum Gasteiger partial charge on any atom is -0.492 e. The third-order valence-electron chi connectivity index (χ3n) is 7.58. The smallest absolute Gasteiger partial charge is 0.145 e. The van der Waals surface area contributed by atoms with Crippen LogP contribution in [0.5, 0.6) is 5.75 Å². The third-order valence-corrected chi connectivity index (χ3v) is 7.58. The molecule has 0 atom stereocenters. The van der Waals surface area contributed by atoms with Gasteiger partial charge in [-0.05, 0) is 81.8 Å². The van der Waals surface area contributed by atoms with Gasteiger partial charge in [0.15, 0.2) is 0 Å². The van der Waals surface area contributed by atoms with E-state index in [9.17, 15) is 0 Å². The first-order chi connectivity index (χ1) is 13.3. The molecule has 0 unspecified atom stereocenters. The molecular weight excluding hydrogens is 334 g/mol. The summed E-state index contributed by atoms with van der Waals surface area (Å²) in [6.45, 7) is 3.75. The van der Waals surface area contributed by atoms with Crippen LogP contribution in [0.15, 0.2) is 24.3 Å². The second kappa shape index (κ2) is 5.76. The average Bonchev–Trinajstić information content (AvgIpc) is 3.24. The van der Waals surface area contributed by atoms with E-state index in [2.05, 4.69) is 28.2 Å². The van der Waals surface area contributed by atoms with Gasteiger partial charge in [0, 0.05) is 17.5 Å². The van der Waals surface area contributed by atoms with Crippen molar-refractivity contribution in [3.05, 3.63) is 35.5 Å². The lowest BCUT2D eigenvalue weighted by Gasteiger charge is -2.56. The molecule has 4 saturated carbocycles. The molecule has 4 heteroatoms. The molecule has 0 saturated heterocycles. The molecule has 2 heterocycles. The number of hydrogen-bond donors (Lipinski definition) is 1. The number of anilines is 1. The van der Waals surface area contributed by atoms with Gasteiger partial charge in [-0.1, -0.05) is 12.1 Å². The van der Waals surface area contributed by atoms with Gasteiger partial charge in [0.2, 0.25) is 0 Å². The summed E-state index contributed by atoms with van der Waals surface area (Å²) in [6, 6.07) is 8.34. The van der Waals surface area contributed by atoms with Gasteiger partial charge in [-0.3, -0.25) is 0 Å². The van der Waals surface area contributed by atoms with Crippen molar-refractivity contribution in [3.63, 3.8) is 0 Å². The van der Waals surface area contributed by atoms with E-state index >= 15 is 0 Å². The number of fused-ring (bicyclic) bond motifs is 1. The fraction of sp³-hybridized carbons (Fsp3) is 0.609. The summed E-state index contributed by atoms with van der Waals surface area (Å²) in [5.41, 5.74) is 4.33. The van der Waals surface area contributed by atoms with E-state index in [-0.39, 0.29) is 0 Å². The summed E-state index contributed by atoms with van der Waals surface area (Å²) in [7, 11) is 0. The van der Waals surface area contributed by atoms with Crippen molar-refractivity contribution in [1.29, 1.82) is 0 Å². The summed E-state index contributed by atoms with van der Waals surface area (Å²) >= 11 is 0. The second-order valence-electron chi connectivity index (χ2n) is 9.36. The number of rotatable bonds is 4. The van der Waals surface area contributed by atoms with Crippen LogP contribution in [-0.2, 0) is 11.8 Å². The van der Waals surface area contributed by atoms with E-state index in [4.69, 9.17) is 9.84 Å². The number of nitrogens with zero attached hydrogens (tertiary/aromatic N) is 2. The van der Waals surface area contributed by atoms with Crippen molar-refractivity contribution in [2.45, 2.75) is 57.3 Å². The molecule has 4 bridgehead atoms. The van der Waals surface area contributed by atoms with Gasteiger partial charge in [-0.15, -0.1) is 0 Å². The van der Waals surface area contributed by atoms with Gasteiger partial charge in [0.25, 0.3) is 0 Å². The van der Waals surface area contributed by atoms with Gasteiger partial charge in [0.05, 0.1) is 12.3 Å². The summed E-state index contributed by atoms with van der Waals surface area (Å²) in [4.78, 5) is 0. The van der Waals surface area contributed by atoms with Crippen molar-refractivity contribution in [1.82, 2.24) is 9.78 Å². The van der Waals surface area contributed by atoms with Gasteiger partial charge < -0.3 is 10.1 Å². The highest BCUT2D eigenvalue weighted by Gasteiger charge is 2.54. The number of hydrogen-bond acceptors (Lipinski definition) is 3. The Hall–Kier alpha value is -1.97. The standard InChI is InChI=1S/C23H29N3O/c1-2-27-20-6-4-3-5-19(20)26-22-18(7-8-24-22)21(25-26)23-12-15-9-16(13-23)11-17(10-15)14-23/h3-6,15-17,24H,2,7-14H2,1H3. The van der Waals surface area contributed by atoms with Crippen molar-refractivity contribution in [3.8, 4) is 11.4 Å². The minimum atomic E-state index is 0.344. The summed E-state index contributed by atoms with van der Waals surface area (Å²) in [5.74, 6) is 4.98. The van der Waals surface area contributed by atoms with Crippen LogP contribution in [0.2, 0.25) is 0 Å². The Kier molecular flexibility index (Phi) is 3.42. The van der Waals surface area contributed by atoms with Crippen LogP contribution < -0.4 is 10.1 Å². The summed E-state index contributed by atoms with van der Waals surface area (Å²) in [6.07, 6.45) is 9.67. The van der Waals surface area contributed by atoms with Gasteiger partial charge >= 0.3 is 0 Å². The molecule has 1 N–H and O–H groups in total. The highest BCUT2D eigenvalue weighted by Crippen LogP contribution is 2.61. The lowest BCUT2D eigenvalue weighted by Crippen LogP contribution is -2.49. The first-order valence-electron chi connectivity index (χ1n) is 10.8. The molecule has 5 aliphatic rings. The minimum absolute atomic E-state index is 0.344. The van der Waals surface area contributed by atoms with Crippen molar-refractivity contribution in [2.24, 2.45) is 17.8 Å². The number of aromatic nitrogens is 2. The Morgan fingerprint density at radius 3 is 2.52 bits per heavy atom. The molecule has 4 fully saturated rings. The van der Waals surface area contributed by atoms with E-state index in [1.165, 1.54) is 55.6 Å². The van der Waals surface area contributed by atoms with Gasteiger partial charge in [0.1, 0.15) is 17.3 Å². The summed E-state index contributed by atoms with van der Waals surface area (Å²) in [5, 5.41) is 8.94. The van der Waals surface area contributed by atoms with E-state index in [1.54, 1.807) is 0 Å². The molecule has 0 amide bonds. The number of benzene rings is 1. The number of para-hydroxylation sites is 2. The van der Waals surface area contributed by atoms with E-state index in [0.717, 1.165) is 42.2 Å². The summed E-state index contributed by atoms with van der Waals surface area (Å²) < 4.78 is 8.08. The zero-order valence-electron chi connectivity index (χ0n) is 16.2. The SMILES string of the molecule is CCOc1ccccc1-n1nc(C23CC4CC(CC(C4)C2)C3)c2c1NCC2. The lowest BCUT2D eigenvalue weighted by atomic mass is 9.48. The van der Waals surface area contributed by atoms with E-state index in [0.29, 0.717) is 12.0 Å². The van der Waals surface area contributed by atoms with Crippen LogP contribution in [0.25, 0.3) is 5.69 Å². The molecule has 1 aliphatic heterocycles. The van der Waals surface area contributed by atoms with Crippen LogP contribution in [0, 0.1) is 17.8 Å². The topological polar surface area (TPSA) is 39.1 Å². The van der Waals surface area contributed by atoms with Crippen molar-refractivity contribution in [2.75, 3.05) is 18.5 Å². The molecular formula is C23H29N3O. The Morgan fingerprint density at radius 1 is 1.11 bits per heavy atom. The zero-order valence-corrected chi connectivity index (χ0v) is 16.2. The lowest BCUT2D eigenvalue weighted by molar-refractivity contribution is -0.00770. The highest BCUT2D eigenvalue weighted by molar-refractivity contribution is 5.61. The molecule has 27 heavy (non-hydrogen) atoms. The van der Waals surface area contributed by atoms with E-state index in [1.807, 2.05) is 13.0 Å². The maximum absolute atomic E-state index is 5.92. The zero-order chi connectivity index (χ0) is 18.0. The molecule has 1 aromatic heterocycles. The second-order valence-corrected chi connectivity index (χ2v) is 9.36. The van der Waals surface area contributed by atoms with Gasteiger partial charge in [-0.2, -0.15) is 5.10 Å². The monoisotopic (exact) mass is 363 g/mol. The Morgan fingerprint density at radius 2 is 1.81 bits per heavy atom. The molecule has 2 aromatic rings. The van der Waals surface area contributed by atoms with E-state index < -0.39 is 0 Å². The molecule has 4 aliphatic carbocycles. The van der Waals surface area contributed by atoms with Crippen molar-refractivity contribution >= 4 is 5.82 Å². The quantitative estimate of drug-likeness (QED) is 0.855. The first-order valence-corrected chi connectivity index (χ1v) is 10.8. The molecule has 7 rings (SSSR count). The average molecular weight is 364 g/mol. The van der Waals surface area contributed by atoms with Gasteiger partial charge in [-0.25, -0.2) is 4.68 Å². The first kappa shape index (κ1) is 16.0. The maximum atomic E-state index is 5.92. The van der Waals surface area contributed by atoms with Crippen LogP contribution in [0.4, 0.5) is 5.82 Å². The fourth-order valence-electron chi connectivity index (χ4n) is 7.09. The third kappa shape index (κ3) is 2.31. The van der Waals surface area contributed by atoms with Crippen LogP contribution in [-0.4, -0.2) is 22.9 Å². The van der Waals surface area contributed by atoms with Crippen LogP contribution in [0.3, 0.4) is 0 Å². The predicted molar refractivity (Wildman–Crippen MR) is 107 cm³/mol. The molecule has 0 spiro atoms. The molecule has 1 aromatic carbocycles. The fourth-order valence-corrected chi connectivity index (χ4v) is 7.09. The molecule has 142 valence electrons. The van der Waals surface area contributed by atoms with Crippen molar-refractivity contribution < 1.29 is 4.74 Å². The normalized spacial score (nSPS) is 33.1. The number of nitrogens with one attached hydrogen (secondary N) is 1. The van der Waals surface area contributed by atoms with Crippen LogP contribution in [0.1, 0.15) is 56.7 Å². The van der Waals surface area contributed by atoms with Crippen LogP contribution >= 0.6 is 0 Å². The Balaban J connectivity index is 1.49.